The minimum Gasteiger partial charge on any atom is -0.370 e. The zero-order chi connectivity index (χ0) is 22.9. The Hall–Kier alpha value is -3.55. The van der Waals surface area contributed by atoms with Crippen molar-refractivity contribution in [2.75, 3.05) is 36.9 Å². The Bertz CT molecular complexity index is 926. The molecule has 1 heterocycles. The number of rotatable bonds is 8. The second-order valence-corrected chi connectivity index (χ2v) is 8.05. The van der Waals surface area contributed by atoms with Gasteiger partial charge in [0.1, 0.15) is 0 Å². The van der Waals surface area contributed by atoms with Gasteiger partial charge in [0, 0.05) is 45.6 Å². The number of hydrogen-bond donors (Lipinski definition) is 3. The van der Waals surface area contributed by atoms with Gasteiger partial charge < -0.3 is 26.2 Å². The number of piperidine rings is 1. The van der Waals surface area contributed by atoms with Crippen LogP contribution < -0.4 is 21.3 Å². The normalized spacial score (nSPS) is 14.0. The molecule has 8 nitrogen and oxygen atoms in total. The molecule has 0 bridgehead atoms. The fourth-order valence-electron chi connectivity index (χ4n) is 3.82. The van der Waals surface area contributed by atoms with E-state index in [-0.39, 0.29) is 36.7 Å². The third-order valence-electron chi connectivity index (χ3n) is 5.65. The second-order valence-electron chi connectivity index (χ2n) is 8.05. The summed E-state index contributed by atoms with van der Waals surface area (Å²) < 4.78 is 0. The number of nitrogens with zero attached hydrogens (tertiary/aromatic N) is 2. The molecule has 0 aromatic heterocycles. The van der Waals surface area contributed by atoms with Crippen LogP contribution in [0.15, 0.2) is 54.6 Å². The quantitative estimate of drug-likeness (QED) is 0.590. The van der Waals surface area contributed by atoms with Crippen molar-refractivity contribution >= 4 is 29.2 Å². The third-order valence-corrected chi connectivity index (χ3v) is 5.65. The number of carbonyl (C=O) groups excluding carboxylic acids is 3. The lowest BCUT2D eigenvalue weighted by molar-refractivity contribution is -0.122. The Morgan fingerprint density at radius 1 is 1.03 bits per heavy atom. The van der Waals surface area contributed by atoms with Gasteiger partial charge >= 0.3 is 6.03 Å². The van der Waals surface area contributed by atoms with E-state index >= 15 is 0 Å². The number of para-hydroxylation sites is 2. The fourth-order valence-corrected chi connectivity index (χ4v) is 3.82. The summed E-state index contributed by atoms with van der Waals surface area (Å²) in [6.07, 6.45) is 1.59. The van der Waals surface area contributed by atoms with Gasteiger partial charge in [-0.05, 0) is 30.5 Å². The molecule has 4 N–H and O–H groups in total. The standard InChI is InChI=1S/C24H31N5O3/c1-28(17-18-7-3-2-4-8-18)24(32)26-14-11-22(30)27-20-9-5-6-10-21(20)29-15-12-19(13-16-29)23(25)31/h2-10,19H,11-17H2,1H3,(H2,25,31)(H,26,32)(H,27,30). The van der Waals surface area contributed by atoms with Crippen LogP contribution in [0.2, 0.25) is 0 Å². The topological polar surface area (TPSA) is 108 Å². The molecule has 0 atom stereocenters. The van der Waals surface area contributed by atoms with Crippen LogP contribution in [0.25, 0.3) is 0 Å². The minimum absolute atomic E-state index is 0.0864. The number of anilines is 2. The summed E-state index contributed by atoms with van der Waals surface area (Å²) in [5.41, 5.74) is 8.12. The fraction of sp³-hybridized carbons (Fsp3) is 0.375. The molecule has 0 saturated carbocycles. The van der Waals surface area contributed by atoms with Gasteiger partial charge in [0.15, 0.2) is 0 Å². The Labute approximate surface area is 188 Å². The van der Waals surface area contributed by atoms with Crippen LogP contribution >= 0.6 is 0 Å². The third kappa shape index (κ3) is 6.47. The maximum absolute atomic E-state index is 12.5. The van der Waals surface area contributed by atoms with E-state index in [0.717, 1.165) is 16.9 Å². The molecule has 3 rings (SSSR count). The number of nitrogens with two attached hydrogens (primary N) is 1. The summed E-state index contributed by atoms with van der Waals surface area (Å²) in [7, 11) is 1.72. The van der Waals surface area contributed by atoms with Crippen molar-refractivity contribution < 1.29 is 14.4 Å². The van der Waals surface area contributed by atoms with Crippen LogP contribution in [0, 0.1) is 5.92 Å². The van der Waals surface area contributed by atoms with Gasteiger partial charge in [-0.3, -0.25) is 9.59 Å². The van der Waals surface area contributed by atoms with Crippen LogP contribution in [-0.4, -0.2) is 49.4 Å². The predicted octanol–water partition coefficient (Wildman–Crippen LogP) is 2.56. The molecule has 1 fully saturated rings. The van der Waals surface area contributed by atoms with Crippen molar-refractivity contribution in [1.82, 2.24) is 10.2 Å². The van der Waals surface area contributed by atoms with E-state index in [1.54, 1.807) is 11.9 Å². The summed E-state index contributed by atoms with van der Waals surface area (Å²) in [4.78, 5) is 39.9. The lowest BCUT2D eigenvalue weighted by Crippen LogP contribution is -2.39. The molecule has 1 aliphatic rings. The van der Waals surface area contributed by atoms with Crippen molar-refractivity contribution in [2.45, 2.75) is 25.8 Å². The second kappa shape index (κ2) is 11.2. The Morgan fingerprint density at radius 3 is 2.38 bits per heavy atom. The molecule has 1 saturated heterocycles. The number of hydrogen-bond acceptors (Lipinski definition) is 4. The van der Waals surface area contributed by atoms with Crippen molar-refractivity contribution in [1.29, 1.82) is 0 Å². The monoisotopic (exact) mass is 437 g/mol. The van der Waals surface area contributed by atoms with Crippen LogP contribution in [0.5, 0.6) is 0 Å². The highest BCUT2D eigenvalue weighted by Gasteiger charge is 2.24. The van der Waals surface area contributed by atoms with E-state index in [9.17, 15) is 14.4 Å². The predicted molar refractivity (Wildman–Crippen MR) is 125 cm³/mol. The molecule has 170 valence electrons. The largest absolute Gasteiger partial charge is 0.370 e. The summed E-state index contributed by atoms with van der Waals surface area (Å²) in [5.74, 6) is -0.505. The van der Waals surface area contributed by atoms with E-state index in [4.69, 9.17) is 5.73 Å². The highest BCUT2D eigenvalue weighted by Crippen LogP contribution is 2.29. The molecule has 0 unspecified atom stereocenters. The first-order chi connectivity index (χ1) is 15.4. The maximum atomic E-state index is 12.5. The number of carbonyl (C=O) groups is 3. The maximum Gasteiger partial charge on any atom is 0.317 e. The smallest absolute Gasteiger partial charge is 0.317 e. The first kappa shape index (κ1) is 23.1. The number of benzene rings is 2. The van der Waals surface area contributed by atoms with Gasteiger partial charge in [-0.25, -0.2) is 4.79 Å². The van der Waals surface area contributed by atoms with Crippen LogP contribution in [0.3, 0.4) is 0 Å². The molecule has 2 aromatic rings. The summed E-state index contributed by atoms with van der Waals surface area (Å²) in [6, 6.07) is 17.1. The van der Waals surface area contributed by atoms with Gasteiger partial charge in [0.25, 0.3) is 0 Å². The van der Waals surface area contributed by atoms with Crippen LogP contribution in [0.4, 0.5) is 16.2 Å². The summed E-state index contributed by atoms with van der Waals surface area (Å²) in [5, 5.41) is 5.73. The van der Waals surface area contributed by atoms with E-state index in [0.29, 0.717) is 32.5 Å². The lowest BCUT2D eigenvalue weighted by atomic mass is 9.96. The van der Waals surface area contributed by atoms with Gasteiger partial charge in [-0.2, -0.15) is 0 Å². The average Bonchev–Trinajstić information content (AvgIpc) is 2.80. The molecule has 0 spiro atoms. The van der Waals surface area contributed by atoms with Gasteiger partial charge in [0.2, 0.25) is 11.8 Å². The zero-order valence-corrected chi connectivity index (χ0v) is 18.4. The van der Waals surface area contributed by atoms with Gasteiger partial charge in [0.05, 0.1) is 11.4 Å². The number of primary amides is 1. The average molecular weight is 438 g/mol. The van der Waals surface area contributed by atoms with Crippen LogP contribution in [-0.2, 0) is 16.1 Å². The highest BCUT2D eigenvalue weighted by molar-refractivity contribution is 5.94. The number of amides is 4. The minimum atomic E-state index is -0.248. The van der Waals surface area contributed by atoms with E-state index in [1.165, 1.54) is 0 Å². The first-order valence-electron chi connectivity index (χ1n) is 10.9. The molecular formula is C24H31N5O3. The molecule has 32 heavy (non-hydrogen) atoms. The van der Waals surface area contributed by atoms with Crippen LogP contribution in [0.1, 0.15) is 24.8 Å². The summed E-state index contributed by atoms with van der Waals surface area (Å²) in [6.45, 7) is 2.17. The first-order valence-corrected chi connectivity index (χ1v) is 10.9. The van der Waals surface area contributed by atoms with Crippen molar-refractivity contribution in [3.63, 3.8) is 0 Å². The van der Waals surface area contributed by atoms with E-state index in [1.807, 2.05) is 54.6 Å². The lowest BCUT2D eigenvalue weighted by Gasteiger charge is -2.33. The SMILES string of the molecule is CN(Cc1ccccc1)C(=O)NCCC(=O)Nc1ccccc1N1CCC(C(N)=O)CC1. The Balaban J connectivity index is 1.46. The van der Waals surface area contributed by atoms with Crippen molar-refractivity contribution in [2.24, 2.45) is 11.7 Å². The zero-order valence-electron chi connectivity index (χ0n) is 18.4. The van der Waals surface area contributed by atoms with Crippen molar-refractivity contribution in [3.8, 4) is 0 Å². The highest BCUT2D eigenvalue weighted by atomic mass is 16.2. The van der Waals surface area contributed by atoms with Gasteiger partial charge in [-0.15, -0.1) is 0 Å². The molecule has 0 aliphatic carbocycles. The molecule has 1 aliphatic heterocycles. The van der Waals surface area contributed by atoms with E-state index in [2.05, 4.69) is 15.5 Å². The number of urea groups is 1. The summed E-state index contributed by atoms with van der Waals surface area (Å²) >= 11 is 0. The Kier molecular flexibility index (Phi) is 8.08. The number of nitrogens with one attached hydrogen (secondary N) is 2. The van der Waals surface area contributed by atoms with E-state index < -0.39 is 0 Å². The van der Waals surface area contributed by atoms with Crippen molar-refractivity contribution in [3.05, 3.63) is 60.2 Å². The molecule has 2 aromatic carbocycles. The Morgan fingerprint density at radius 2 is 1.69 bits per heavy atom. The molecular weight excluding hydrogens is 406 g/mol. The van der Waals surface area contributed by atoms with Gasteiger partial charge in [-0.1, -0.05) is 42.5 Å². The molecule has 0 radical (unpaired) electrons. The molecule has 8 heteroatoms. The molecule has 4 amide bonds.